The van der Waals surface area contributed by atoms with Crippen molar-refractivity contribution in [2.45, 2.75) is 12.8 Å². The van der Waals surface area contributed by atoms with Gasteiger partial charge in [-0.1, -0.05) is 6.07 Å². The molecule has 0 aliphatic heterocycles. The summed E-state index contributed by atoms with van der Waals surface area (Å²) in [5.41, 5.74) is 1.55. The minimum atomic E-state index is -0.882. The summed E-state index contributed by atoms with van der Waals surface area (Å²) in [4.78, 5) is 22.5. The molecule has 15 heavy (non-hydrogen) atoms. The summed E-state index contributed by atoms with van der Waals surface area (Å²) in [7, 11) is 0. The molecule has 0 amide bonds. The fourth-order valence-corrected chi connectivity index (χ4v) is 2.32. The molecule has 1 aromatic carbocycles. The molecular weight excluding hydrogens is 307 g/mol. The highest BCUT2D eigenvalue weighted by molar-refractivity contribution is 14.1. The first-order valence-corrected chi connectivity index (χ1v) is 5.70. The van der Waals surface area contributed by atoms with Crippen LogP contribution in [0.5, 0.6) is 0 Å². The number of rotatable bonds is 1. The van der Waals surface area contributed by atoms with Gasteiger partial charge < -0.3 is 5.11 Å². The van der Waals surface area contributed by atoms with Gasteiger partial charge in [0.05, 0.1) is 5.92 Å². The zero-order chi connectivity index (χ0) is 11.0. The van der Waals surface area contributed by atoms with E-state index in [0.717, 1.165) is 9.13 Å². The van der Waals surface area contributed by atoms with Gasteiger partial charge in [-0.25, -0.2) is 0 Å². The Morgan fingerprint density at radius 1 is 1.40 bits per heavy atom. The molecule has 1 unspecified atom stereocenters. The summed E-state index contributed by atoms with van der Waals surface area (Å²) in [5.74, 6) is -1.49. The van der Waals surface area contributed by atoms with E-state index in [1.54, 1.807) is 0 Å². The van der Waals surface area contributed by atoms with Crippen molar-refractivity contribution < 1.29 is 14.7 Å². The van der Waals surface area contributed by atoms with Gasteiger partial charge in [0, 0.05) is 15.6 Å². The summed E-state index contributed by atoms with van der Waals surface area (Å²) in [5, 5.41) is 8.88. The van der Waals surface area contributed by atoms with Crippen molar-refractivity contribution in [1.29, 1.82) is 0 Å². The van der Waals surface area contributed by atoms with Crippen molar-refractivity contribution >= 4 is 34.3 Å². The van der Waals surface area contributed by atoms with Crippen LogP contribution in [0.15, 0.2) is 18.2 Å². The number of carbonyl (C=O) groups is 2. The predicted octanol–water partition coefficient (Wildman–Crippen LogP) is 2.12. The van der Waals surface area contributed by atoms with Crippen molar-refractivity contribution in [1.82, 2.24) is 0 Å². The SMILES string of the molecule is O=C1CC(C(=O)O)Cc2ccc(I)cc21. The quantitative estimate of drug-likeness (QED) is 0.808. The standard InChI is InChI=1S/C11H9IO3/c12-8-2-1-6-3-7(11(14)15)4-10(13)9(6)5-8/h1-2,5,7H,3-4H2,(H,14,15). The van der Waals surface area contributed by atoms with Crippen LogP contribution >= 0.6 is 22.6 Å². The Bertz CT molecular complexity index is 439. The van der Waals surface area contributed by atoms with E-state index in [2.05, 4.69) is 22.6 Å². The van der Waals surface area contributed by atoms with E-state index >= 15 is 0 Å². The normalized spacial score (nSPS) is 19.8. The summed E-state index contributed by atoms with van der Waals surface area (Å²) in [6.45, 7) is 0. The number of halogens is 1. The molecule has 1 atom stereocenters. The minimum absolute atomic E-state index is 0.0535. The van der Waals surface area contributed by atoms with Crippen molar-refractivity contribution in [3.8, 4) is 0 Å². The predicted molar refractivity (Wildman–Crippen MR) is 62.9 cm³/mol. The van der Waals surface area contributed by atoms with Crippen molar-refractivity contribution in [2.24, 2.45) is 5.92 Å². The van der Waals surface area contributed by atoms with Gasteiger partial charge in [-0.15, -0.1) is 0 Å². The first-order valence-electron chi connectivity index (χ1n) is 4.62. The summed E-state index contributed by atoms with van der Waals surface area (Å²) < 4.78 is 1.01. The monoisotopic (exact) mass is 316 g/mol. The van der Waals surface area contributed by atoms with Crippen LogP contribution in [0.25, 0.3) is 0 Å². The second-order valence-electron chi connectivity index (χ2n) is 3.67. The second-order valence-corrected chi connectivity index (χ2v) is 4.91. The molecule has 0 heterocycles. The number of fused-ring (bicyclic) bond motifs is 1. The summed E-state index contributed by atoms with van der Waals surface area (Å²) >= 11 is 2.15. The maximum Gasteiger partial charge on any atom is 0.307 e. The molecule has 1 aromatic rings. The first-order chi connectivity index (χ1) is 7.08. The van der Waals surface area contributed by atoms with Gasteiger partial charge in [0.15, 0.2) is 5.78 Å². The third-order valence-electron chi connectivity index (χ3n) is 2.62. The minimum Gasteiger partial charge on any atom is -0.481 e. The molecule has 4 heteroatoms. The van der Waals surface area contributed by atoms with Gasteiger partial charge in [0.25, 0.3) is 0 Å². The van der Waals surface area contributed by atoms with Crippen LogP contribution in [0.3, 0.4) is 0 Å². The van der Waals surface area contributed by atoms with E-state index in [9.17, 15) is 9.59 Å². The molecule has 2 rings (SSSR count). The van der Waals surface area contributed by atoms with Crippen LogP contribution in [0.1, 0.15) is 22.3 Å². The highest BCUT2D eigenvalue weighted by Crippen LogP contribution is 2.26. The lowest BCUT2D eigenvalue weighted by atomic mass is 9.83. The number of carbonyl (C=O) groups excluding carboxylic acids is 1. The third-order valence-corrected chi connectivity index (χ3v) is 3.29. The topological polar surface area (TPSA) is 54.4 Å². The Kier molecular flexibility index (Phi) is 2.77. The Labute approximate surface area is 101 Å². The number of Topliss-reactive ketones (excluding diaryl/α,β-unsaturated/α-hetero) is 1. The van der Waals surface area contributed by atoms with Crippen LogP contribution in [0.4, 0.5) is 0 Å². The molecule has 0 saturated carbocycles. The molecule has 1 aliphatic rings. The fraction of sp³-hybridized carbons (Fsp3) is 0.273. The number of hydrogen-bond donors (Lipinski definition) is 1. The van der Waals surface area contributed by atoms with Crippen LogP contribution < -0.4 is 0 Å². The number of carboxylic acid groups (broad SMARTS) is 1. The molecule has 0 aromatic heterocycles. The van der Waals surface area contributed by atoms with E-state index in [4.69, 9.17) is 5.11 Å². The van der Waals surface area contributed by atoms with Gasteiger partial charge in [-0.3, -0.25) is 9.59 Å². The molecule has 0 saturated heterocycles. The van der Waals surface area contributed by atoms with Crippen molar-refractivity contribution in [3.63, 3.8) is 0 Å². The zero-order valence-corrected chi connectivity index (χ0v) is 10.0. The van der Waals surface area contributed by atoms with E-state index in [1.807, 2.05) is 18.2 Å². The smallest absolute Gasteiger partial charge is 0.307 e. The Morgan fingerprint density at radius 2 is 2.13 bits per heavy atom. The van der Waals surface area contributed by atoms with E-state index < -0.39 is 11.9 Å². The number of hydrogen-bond acceptors (Lipinski definition) is 2. The Morgan fingerprint density at radius 3 is 2.80 bits per heavy atom. The van der Waals surface area contributed by atoms with E-state index in [0.29, 0.717) is 12.0 Å². The maximum absolute atomic E-state index is 11.7. The molecule has 0 spiro atoms. The van der Waals surface area contributed by atoms with Crippen molar-refractivity contribution in [2.75, 3.05) is 0 Å². The van der Waals surface area contributed by atoms with Gasteiger partial charge >= 0.3 is 5.97 Å². The van der Waals surface area contributed by atoms with Gasteiger partial charge in [0.2, 0.25) is 0 Å². The number of carboxylic acids is 1. The van der Waals surface area contributed by atoms with Gasteiger partial charge in [0.1, 0.15) is 0 Å². The van der Waals surface area contributed by atoms with Gasteiger partial charge in [-0.05, 0) is 46.7 Å². The fourth-order valence-electron chi connectivity index (χ4n) is 1.83. The Hall–Kier alpha value is -0.910. The van der Waals surface area contributed by atoms with E-state index in [-0.39, 0.29) is 12.2 Å². The lowest BCUT2D eigenvalue weighted by molar-refractivity contribution is -0.141. The number of ketones is 1. The molecule has 0 bridgehead atoms. The first kappa shape index (κ1) is 10.6. The van der Waals surface area contributed by atoms with Crippen LogP contribution in [-0.4, -0.2) is 16.9 Å². The lowest BCUT2D eigenvalue weighted by Gasteiger charge is -2.20. The van der Waals surface area contributed by atoms with E-state index in [1.165, 1.54) is 0 Å². The molecule has 1 aliphatic carbocycles. The largest absolute Gasteiger partial charge is 0.481 e. The highest BCUT2D eigenvalue weighted by atomic mass is 127. The average molecular weight is 316 g/mol. The number of benzene rings is 1. The molecule has 1 N–H and O–H groups in total. The maximum atomic E-state index is 11.7. The number of aliphatic carboxylic acids is 1. The molecule has 78 valence electrons. The lowest BCUT2D eigenvalue weighted by Crippen LogP contribution is -2.26. The summed E-state index contributed by atoms with van der Waals surface area (Å²) in [6.07, 6.45) is 0.593. The zero-order valence-electron chi connectivity index (χ0n) is 7.87. The van der Waals surface area contributed by atoms with Crippen LogP contribution in [0, 0.1) is 9.49 Å². The Balaban J connectivity index is 2.41. The van der Waals surface area contributed by atoms with Gasteiger partial charge in [-0.2, -0.15) is 0 Å². The van der Waals surface area contributed by atoms with Crippen LogP contribution in [-0.2, 0) is 11.2 Å². The second kappa shape index (κ2) is 3.92. The molecular formula is C11H9IO3. The van der Waals surface area contributed by atoms with Crippen molar-refractivity contribution in [3.05, 3.63) is 32.9 Å². The third kappa shape index (κ3) is 2.04. The molecule has 3 nitrogen and oxygen atoms in total. The molecule has 0 radical (unpaired) electrons. The van der Waals surface area contributed by atoms with Crippen LogP contribution in [0.2, 0.25) is 0 Å². The molecule has 0 fully saturated rings. The summed E-state index contributed by atoms with van der Waals surface area (Å²) in [6, 6.07) is 5.58. The highest BCUT2D eigenvalue weighted by Gasteiger charge is 2.29. The average Bonchev–Trinajstić information content (AvgIpc) is 2.18.